The number of benzene rings is 2. The summed E-state index contributed by atoms with van der Waals surface area (Å²) in [5.74, 6) is -0.0896. The van der Waals surface area contributed by atoms with Gasteiger partial charge in [-0.05, 0) is 23.6 Å². The smallest absolute Gasteiger partial charge is 0.265 e. The Morgan fingerprint density at radius 2 is 1.70 bits per heavy atom. The van der Waals surface area contributed by atoms with Crippen LogP contribution in [0.15, 0.2) is 48.5 Å². The van der Waals surface area contributed by atoms with Gasteiger partial charge in [-0.15, -0.1) is 0 Å². The van der Waals surface area contributed by atoms with Crippen LogP contribution in [0.5, 0.6) is 5.75 Å². The predicted molar refractivity (Wildman–Crippen MR) is 106 cm³/mol. The standard InChI is InChI=1S/C20H24O9S/c21-11-16-17(22)18(23)19(24)20(29-16)28-15-7-2-1-6-14(15)13-5-3-4-12(10-13)8-9-30(25,26)27/h1-7,10,16-24H,8-9,11H2,(H,25,26,27). The minimum absolute atomic E-state index is 0.127. The van der Waals surface area contributed by atoms with Crippen LogP contribution < -0.4 is 4.74 Å². The Kier molecular flexibility index (Phi) is 7.09. The number of hydrogen-bond acceptors (Lipinski definition) is 8. The Labute approximate surface area is 173 Å². The maximum Gasteiger partial charge on any atom is 0.265 e. The Morgan fingerprint density at radius 3 is 2.40 bits per heavy atom. The van der Waals surface area contributed by atoms with Crippen LogP contribution in [-0.4, -0.2) is 76.5 Å². The molecule has 0 radical (unpaired) electrons. The lowest BCUT2D eigenvalue weighted by Gasteiger charge is -2.39. The van der Waals surface area contributed by atoms with Crippen molar-refractivity contribution in [2.45, 2.75) is 37.1 Å². The maximum atomic E-state index is 11.0. The fraction of sp³-hybridized carbons (Fsp3) is 0.400. The molecule has 0 amide bonds. The van der Waals surface area contributed by atoms with E-state index in [-0.39, 0.29) is 6.42 Å². The van der Waals surface area contributed by atoms with Crippen molar-refractivity contribution in [3.63, 3.8) is 0 Å². The van der Waals surface area contributed by atoms with Gasteiger partial charge in [0.2, 0.25) is 6.29 Å². The summed E-state index contributed by atoms with van der Waals surface area (Å²) in [6.45, 7) is -0.567. The molecule has 0 aromatic heterocycles. The van der Waals surface area contributed by atoms with Gasteiger partial charge in [0.15, 0.2) is 0 Å². The number of hydrogen-bond donors (Lipinski definition) is 5. The summed E-state index contributed by atoms with van der Waals surface area (Å²) in [6, 6.07) is 13.8. The van der Waals surface area contributed by atoms with Gasteiger partial charge in [-0.3, -0.25) is 4.55 Å². The molecule has 5 atom stereocenters. The lowest BCUT2D eigenvalue weighted by Crippen LogP contribution is -2.60. The number of ether oxygens (including phenoxy) is 2. The average Bonchev–Trinajstić information content (AvgIpc) is 2.73. The van der Waals surface area contributed by atoms with E-state index in [9.17, 15) is 28.8 Å². The summed E-state index contributed by atoms with van der Waals surface area (Å²) in [5, 5.41) is 39.4. The minimum Gasteiger partial charge on any atom is -0.461 e. The van der Waals surface area contributed by atoms with E-state index in [1.807, 2.05) is 0 Å². The summed E-state index contributed by atoms with van der Waals surface area (Å²) in [7, 11) is -4.08. The molecule has 164 valence electrons. The molecule has 0 bridgehead atoms. The summed E-state index contributed by atoms with van der Waals surface area (Å²) >= 11 is 0. The number of aryl methyl sites for hydroxylation is 1. The van der Waals surface area contributed by atoms with Gasteiger partial charge < -0.3 is 29.9 Å². The SMILES string of the molecule is O=S(=O)(O)CCc1cccc(-c2ccccc2OC2OC(CO)C(O)C(O)C2O)c1. The van der Waals surface area contributed by atoms with Crippen molar-refractivity contribution < 1.29 is 42.9 Å². The second-order valence-corrected chi connectivity index (χ2v) is 8.62. The molecule has 1 aliphatic rings. The molecular weight excluding hydrogens is 416 g/mol. The number of para-hydroxylation sites is 1. The molecule has 1 fully saturated rings. The van der Waals surface area contributed by atoms with Gasteiger partial charge in [-0.1, -0.05) is 42.5 Å². The van der Waals surface area contributed by atoms with Crippen molar-refractivity contribution in [2.24, 2.45) is 0 Å². The van der Waals surface area contributed by atoms with Crippen LogP contribution in [-0.2, 0) is 21.3 Å². The van der Waals surface area contributed by atoms with Gasteiger partial charge in [0, 0.05) is 5.56 Å². The summed E-state index contributed by atoms with van der Waals surface area (Å²) in [6.07, 6.45) is -6.88. The molecule has 5 unspecified atom stereocenters. The van der Waals surface area contributed by atoms with Crippen LogP contribution in [0.4, 0.5) is 0 Å². The average molecular weight is 440 g/mol. The molecule has 1 aliphatic heterocycles. The molecule has 9 nitrogen and oxygen atoms in total. The third kappa shape index (κ3) is 5.35. The van der Waals surface area contributed by atoms with Crippen LogP contribution >= 0.6 is 0 Å². The molecule has 1 heterocycles. The van der Waals surface area contributed by atoms with Crippen molar-refractivity contribution in [3.8, 4) is 16.9 Å². The highest BCUT2D eigenvalue weighted by atomic mass is 32.2. The highest BCUT2D eigenvalue weighted by molar-refractivity contribution is 7.85. The maximum absolute atomic E-state index is 11.0. The third-order valence-electron chi connectivity index (χ3n) is 4.87. The van der Waals surface area contributed by atoms with Crippen molar-refractivity contribution in [1.82, 2.24) is 0 Å². The molecule has 2 aromatic carbocycles. The van der Waals surface area contributed by atoms with Crippen LogP contribution in [0.3, 0.4) is 0 Å². The molecule has 10 heteroatoms. The van der Waals surface area contributed by atoms with Crippen molar-refractivity contribution in [2.75, 3.05) is 12.4 Å². The Hall–Kier alpha value is -2.05. The fourth-order valence-electron chi connectivity index (χ4n) is 3.24. The zero-order valence-electron chi connectivity index (χ0n) is 15.9. The van der Waals surface area contributed by atoms with Crippen LogP contribution in [0.25, 0.3) is 11.1 Å². The topological polar surface area (TPSA) is 154 Å². The molecule has 30 heavy (non-hydrogen) atoms. The van der Waals surface area contributed by atoms with E-state index in [0.29, 0.717) is 22.4 Å². The van der Waals surface area contributed by atoms with Gasteiger partial charge in [-0.25, -0.2) is 0 Å². The van der Waals surface area contributed by atoms with Gasteiger partial charge in [0.25, 0.3) is 10.1 Å². The second kappa shape index (κ2) is 9.40. The van der Waals surface area contributed by atoms with E-state index in [2.05, 4.69) is 0 Å². The number of aliphatic hydroxyl groups is 4. The van der Waals surface area contributed by atoms with E-state index < -0.39 is 53.2 Å². The Bertz CT molecular complexity index is 960. The van der Waals surface area contributed by atoms with E-state index >= 15 is 0 Å². The molecule has 0 spiro atoms. The zero-order valence-corrected chi connectivity index (χ0v) is 16.7. The summed E-state index contributed by atoms with van der Waals surface area (Å²) in [5.41, 5.74) is 2.00. The lowest BCUT2D eigenvalue weighted by atomic mass is 9.99. The third-order valence-corrected chi connectivity index (χ3v) is 5.59. The first kappa shape index (κ1) is 22.6. The van der Waals surface area contributed by atoms with Crippen molar-refractivity contribution >= 4 is 10.1 Å². The van der Waals surface area contributed by atoms with Crippen LogP contribution in [0.1, 0.15) is 5.56 Å². The second-order valence-electron chi connectivity index (χ2n) is 7.05. The van der Waals surface area contributed by atoms with Gasteiger partial charge in [0.1, 0.15) is 30.2 Å². The van der Waals surface area contributed by atoms with Gasteiger partial charge in [0.05, 0.1) is 12.4 Å². The van der Waals surface area contributed by atoms with E-state index in [1.165, 1.54) is 0 Å². The lowest BCUT2D eigenvalue weighted by molar-refractivity contribution is -0.277. The van der Waals surface area contributed by atoms with E-state index in [4.69, 9.17) is 14.0 Å². The number of rotatable bonds is 7. The fourth-order valence-corrected chi connectivity index (χ4v) is 3.73. The quantitative estimate of drug-likeness (QED) is 0.373. The molecule has 1 saturated heterocycles. The Balaban J connectivity index is 1.85. The molecule has 3 rings (SSSR count). The first-order chi connectivity index (χ1) is 14.2. The molecule has 0 saturated carbocycles. The summed E-state index contributed by atoms with van der Waals surface area (Å²) in [4.78, 5) is 0. The van der Waals surface area contributed by atoms with Crippen LogP contribution in [0, 0.1) is 0 Å². The zero-order chi connectivity index (χ0) is 21.9. The largest absolute Gasteiger partial charge is 0.461 e. The predicted octanol–water partition coefficient (Wildman–Crippen LogP) is -0.0374. The first-order valence-corrected chi connectivity index (χ1v) is 10.9. The van der Waals surface area contributed by atoms with Gasteiger partial charge in [-0.2, -0.15) is 8.42 Å². The minimum atomic E-state index is -4.08. The monoisotopic (exact) mass is 440 g/mol. The van der Waals surface area contributed by atoms with Crippen LogP contribution in [0.2, 0.25) is 0 Å². The van der Waals surface area contributed by atoms with Crippen molar-refractivity contribution in [3.05, 3.63) is 54.1 Å². The highest BCUT2D eigenvalue weighted by Crippen LogP contribution is 2.33. The summed E-state index contributed by atoms with van der Waals surface area (Å²) < 4.78 is 42.1. The van der Waals surface area contributed by atoms with Gasteiger partial charge >= 0.3 is 0 Å². The normalized spacial score (nSPS) is 27.0. The van der Waals surface area contributed by atoms with E-state index in [0.717, 1.165) is 0 Å². The molecule has 2 aromatic rings. The molecular formula is C20H24O9S. The molecule has 0 aliphatic carbocycles. The molecule has 5 N–H and O–H groups in total. The Morgan fingerprint density at radius 1 is 0.967 bits per heavy atom. The number of aliphatic hydroxyl groups excluding tert-OH is 4. The first-order valence-electron chi connectivity index (χ1n) is 9.30. The van der Waals surface area contributed by atoms with E-state index in [1.54, 1.807) is 48.5 Å². The van der Waals surface area contributed by atoms with Crippen molar-refractivity contribution in [1.29, 1.82) is 0 Å². The highest BCUT2D eigenvalue weighted by Gasteiger charge is 2.44.